The highest BCUT2D eigenvalue weighted by molar-refractivity contribution is 5.95. The standard InChI is InChI=1S/C18H17F5N2O2/c1-27-16(26)13-10-12(5-4-11-2-3-11)14(18(21,22)23)24-15(13)25-8-6-17(19,20)7-9-25/h10-11H,2-3,6-9H2,1H3. The molecule has 1 aliphatic carbocycles. The molecule has 0 aromatic carbocycles. The lowest BCUT2D eigenvalue weighted by Crippen LogP contribution is -2.40. The van der Waals surface area contributed by atoms with Gasteiger partial charge in [0.1, 0.15) is 11.4 Å². The van der Waals surface area contributed by atoms with Crippen LogP contribution >= 0.6 is 0 Å². The van der Waals surface area contributed by atoms with Crippen molar-refractivity contribution in [1.29, 1.82) is 0 Å². The van der Waals surface area contributed by atoms with Gasteiger partial charge in [0.2, 0.25) is 0 Å². The molecule has 1 aromatic heterocycles. The molecule has 1 saturated heterocycles. The van der Waals surface area contributed by atoms with Crippen LogP contribution in [0.4, 0.5) is 27.8 Å². The summed E-state index contributed by atoms with van der Waals surface area (Å²) in [6.45, 7) is -0.428. The highest BCUT2D eigenvalue weighted by Crippen LogP contribution is 2.36. The van der Waals surface area contributed by atoms with Gasteiger partial charge in [-0.25, -0.2) is 18.6 Å². The molecule has 1 aliphatic heterocycles. The van der Waals surface area contributed by atoms with Gasteiger partial charge in [0, 0.05) is 31.8 Å². The fourth-order valence-corrected chi connectivity index (χ4v) is 2.77. The maximum atomic E-state index is 13.5. The number of pyridine rings is 1. The number of nitrogens with zero attached hydrogens (tertiary/aromatic N) is 2. The fourth-order valence-electron chi connectivity index (χ4n) is 2.77. The Hall–Kier alpha value is -2.37. The molecule has 0 spiro atoms. The molecular formula is C18H17F5N2O2. The average Bonchev–Trinajstić information content (AvgIpc) is 3.42. The zero-order valence-corrected chi connectivity index (χ0v) is 14.5. The van der Waals surface area contributed by atoms with Crippen LogP contribution in [0.15, 0.2) is 6.07 Å². The zero-order chi connectivity index (χ0) is 19.8. The molecule has 2 aliphatic rings. The lowest BCUT2D eigenvalue weighted by atomic mass is 10.0. The Balaban J connectivity index is 2.08. The van der Waals surface area contributed by atoms with Crippen molar-refractivity contribution in [2.45, 2.75) is 37.8 Å². The minimum Gasteiger partial charge on any atom is -0.465 e. The largest absolute Gasteiger partial charge is 0.465 e. The quantitative estimate of drug-likeness (QED) is 0.438. The summed E-state index contributed by atoms with van der Waals surface area (Å²) in [7, 11) is 1.09. The molecule has 2 heterocycles. The van der Waals surface area contributed by atoms with E-state index >= 15 is 0 Å². The number of hydrogen-bond acceptors (Lipinski definition) is 4. The van der Waals surface area contributed by atoms with E-state index in [1.54, 1.807) is 0 Å². The second-order valence-electron chi connectivity index (χ2n) is 6.63. The Morgan fingerprint density at radius 2 is 1.93 bits per heavy atom. The third-order valence-corrected chi connectivity index (χ3v) is 4.46. The van der Waals surface area contributed by atoms with Crippen molar-refractivity contribution in [1.82, 2.24) is 4.98 Å². The normalized spacial score (nSPS) is 19.3. The average molecular weight is 388 g/mol. The van der Waals surface area contributed by atoms with Crippen molar-refractivity contribution in [2.24, 2.45) is 5.92 Å². The number of halogens is 5. The first-order chi connectivity index (χ1) is 12.6. The summed E-state index contributed by atoms with van der Waals surface area (Å²) in [6, 6.07) is 0.999. The van der Waals surface area contributed by atoms with Gasteiger partial charge in [-0.3, -0.25) is 0 Å². The van der Waals surface area contributed by atoms with Crippen LogP contribution in [0.3, 0.4) is 0 Å². The molecule has 2 fully saturated rings. The highest BCUT2D eigenvalue weighted by atomic mass is 19.4. The Morgan fingerprint density at radius 3 is 2.44 bits per heavy atom. The van der Waals surface area contributed by atoms with Gasteiger partial charge < -0.3 is 9.64 Å². The van der Waals surface area contributed by atoms with E-state index in [-0.39, 0.29) is 30.4 Å². The first-order valence-electron chi connectivity index (χ1n) is 8.45. The third-order valence-electron chi connectivity index (χ3n) is 4.46. The van der Waals surface area contributed by atoms with E-state index in [0.717, 1.165) is 26.0 Å². The number of carbonyl (C=O) groups is 1. The molecule has 0 bridgehead atoms. The van der Waals surface area contributed by atoms with Crippen LogP contribution in [0, 0.1) is 17.8 Å². The molecular weight excluding hydrogens is 371 g/mol. The molecule has 3 rings (SSSR count). The topological polar surface area (TPSA) is 42.4 Å². The second kappa shape index (κ2) is 6.98. The number of piperidine rings is 1. The van der Waals surface area contributed by atoms with Crippen LogP contribution in [0.5, 0.6) is 0 Å². The number of anilines is 1. The third kappa shape index (κ3) is 4.49. The summed E-state index contributed by atoms with van der Waals surface area (Å²) in [5.74, 6) is 1.16. The minimum absolute atomic E-state index is 0.0525. The number of ether oxygens (including phenoxy) is 1. The molecule has 1 aromatic rings. The lowest BCUT2D eigenvalue weighted by molar-refractivity contribution is -0.141. The summed E-state index contributed by atoms with van der Waals surface area (Å²) >= 11 is 0. The molecule has 1 saturated carbocycles. The number of hydrogen-bond donors (Lipinski definition) is 0. The molecule has 0 N–H and O–H groups in total. The summed E-state index contributed by atoms with van der Waals surface area (Å²) in [5.41, 5.74) is -1.85. The molecule has 0 radical (unpaired) electrons. The van der Waals surface area contributed by atoms with Gasteiger partial charge in [0.15, 0.2) is 5.69 Å². The monoisotopic (exact) mass is 388 g/mol. The van der Waals surface area contributed by atoms with E-state index in [0.29, 0.717) is 0 Å². The maximum absolute atomic E-state index is 13.5. The van der Waals surface area contributed by atoms with E-state index in [9.17, 15) is 26.7 Å². The number of methoxy groups -OCH3 is 1. The van der Waals surface area contributed by atoms with Crippen molar-refractivity contribution in [3.63, 3.8) is 0 Å². The van der Waals surface area contributed by atoms with Gasteiger partial charge >= 0.3 is 12.1 Å². The van der Waals surface area contributed by atoms with E-state index < -0.39 is 42.2 Å². The van der Waals surface area contributed by atoms with E-state index in [1.807, 2.05) is 0 Å². The van der Waals surface area contributed by atoms with Gasteiger partial charge in [-0.15, -0.1) is 0 Å². The Morgan fingerprint density at radius 1 is 1.30 bits per heavy atom. The summed E-state index contributed by atoms with van der Waals surface area (Å²) < 4.78 is 71.9. The van der Waals surface area contributed by atoms with E-state index in [1.165, 1.54) is 4.90 Å². The smallest absolute Gasteiger partial charge is 0.434 e. The van der Waals surface area contributed by atoms with Crippen molar-refractivity contribution in [3.05, 3.63) is 22.9 Å². The first kappa shape index (κ1) is 19.4. The van der Waals surface area contributed by atoms with Crippen molar-refractivity contribution in [3.8, 4) is 11.8 Å². The number of carbonyl (C=O) groups excluding carboxylic acids is 1. The van der Waals surface area contributed by atoms with Gasteiger partial charge in [-0.2, -0.15) is 13.2 Å². The van der Waals surface area contributed by atoms with Crippen molar-refractivity contribution < 1.29 is 31.5 Å². The Bertz CT molecular complexity index is 796. The Labute approximate surface area is 152 Å². The molecule has 27 heavy (non-hydrogen) atoms. The molecule has 4 nitrogen and oxygen atoms in total. The van der Waals surface area contributed by atoms with Crippen LogP contribution in [0.25, 0.3) is 0 Å². The number of esters is 1. The minimum atomic E-state index is -4.79. The zero-order valence-electron chi connectivity index (χ0n) is 14.5. The predicted molar refractivity (Wildman–Crippen MR) is 86.6 cm³/mol. The van der Waals surface area contributed by atoms with Gasteiger partial charge in [-0.05, 0) is 18.9 Å². The number of aromatic nitrogens is 1. The lowest BCUT2D eigenvalue weighted by Gasteiger charge is -2.33. The van der Waals surface area contributed by atoms with Gasteiger partial charge in [0.25, 0.3) is 5.92 Å². The fraction of sp³-hybridized carbons (Fsp3) is 0.556. The first-order valence-corrected chi connectivity index (χ1v) is 8.45. The Kier molecular flexibility index (Phi) is 5.02. The molecule has 0 amide bonds. The number of alkyl halides is 5. The van der Waals surface area contributed by atoms with Crippen LogP contribution in [0.1, 0.15) is 47.3 Å². The number of rotatable bonds is 2. The predicted octanol–water partition coefficient (Wildman–Crippen LogP) is 3.88. The van der Waals surface area contributed by atoms with Crippen LogP contribution in [-0.2, 0) is 10.9 Å². The summed E-state index contributed by atoms with van der Waals surface area (Å²) in [6.07, 6.45) is -4.20. The van der Waals surface area contributed by atoms with Gasteiger partial charge in [0.05, 0.1) is 12.7 Å². The van der Waals surface area contributed by atoms with Crippen molar-refractivity contribution >= 4 is 11.8 Å². The van der Waals surface area contributed by atoms with E-state index in [2.05, 4.69) is 21.6 Å². The molecule has 0 atom stereocenters. The van der Waals surface area contributed by atoms with Crippen molar-refractivity contribution in [2.75, 3.05) is 25.1 Å². The van der Waals surface area contributed by atoms with Gasteiger partial charge in [-0.1, -0.05) is 11.8 Å². The van der Waals surface area contributed by atoms with E-state index in [4.69, 9.17) is 0 Å². The second-order valence-corrected chi connectivity index (χ2v) is 6.63. The maximum Gasteiger partial charge on any atom is 0.434 e. The van der Waals surface area contributed by atoms with Crippen LogP contribution < -0.4 is 4.90 Å². The molecule has 9 heteroatoms. The highest BCUT2D eigenvalue weighted by Gasteiger charge is 2.40. The molecule has 0 unspecified atom stereocenters. The summed E-state index contributed by atoms with van der Waals surface area (Å²) in [5, 5.41) is 0. The molecule has 146 valence electrons. The summed E-state index contributed by atoms with van der Waals surface area (Å²) in [4.78, 5) is 17.0. The van der Waals surface area contributed by atoms with Crippen LogP contribution in [0.2, 0.25) is 0 Å². The SMILES string of the molecule is COC(=O)c1cc(C#CC2CC2)c(C(F)(F)F)nc1N1CCC(F)(F)CC1. The van der Waals surface area contributed by atoms with Crippen LogP contribution in [-0.4, -0.2) is 37.1 Å².